The molecule has 0 spiro atoms. The second kappa shape index (κ2) is 11.3. The van der Waals surface area contributed by atoms with E-state index in [1.54, 1.807) is 0 Å². The minimum absolute atomic E-state index is 0.683. The van der Waals surface area contributed by atoms with Crippen molar-refractivity contribution in [3.8, 4) is 22.9 Å². The van der Waals surface area contributed by atoms with Gasteiger partial charge in [-0.1, -0.05) is 0 Å². The van der Waals surface area contributed by atoms with Crippen LogP contribution in [0.15, 0.2) is 86.0 Å². The molecular weight excluding hydrogens is 414 g/mol. The highest BCUT2D eigenvalue weighted by molar-refractivity contribution is 5.37. The van der Waals surface area contributed by atoms with Gasteiger partial charge in [-0.25, -0.2) is 18.3 Å². The molecule has 0 bridgehead atoms. The van der Waals surface area contributed by atoms with Gasteiger partial charge in [-0.3, -0.25) is 0 Å². The topological polar surface area (TPSA) is 48.1 Å². The first-order chi connectivity index (χ1) is 16.2. The molecule has 0 aliphatic rings. The van der Waals surface area contributed by atoms with Crippen LogP contribution in [0, 0.1) is 0 Å². The summed E-state index contributed by atoms with van der Waals surface area (Å²) in [5.41, 5.74) is 2.25. The molecule has 2 aromatic heterocycles. The maximum absolute atomic E-state index is 5.52. The zero-order valence-corrected chi connectivity index (χ0v) is 19.4. The number of nitrogens with one attached hydrogen (secondary N) is 1. The predicted molar refractivity (Wildman–Crippen MR) is 127 cm³/mol. The highest BCUT2D eigenvalue weighted by atomic mass is 16.5. The summed E-state index contributed by atoms with van der Waals surface area (Å²) in [6.45, 7) is 9.02. The summed E-state index contributed by atoms with van der Waals surface area (Å²) in [7, 11) is 0. The fourth-order valence-electron chi connectivity index (χ4n) is 3.66. The number of nitrogens with zero attached hydrogens (tertiary/aromatic N) is 4. The summed E-state index contributed by atoms with van der Waals surface area (Å²) < 4.78 is 19.7. The van der Waals surface area contributed by atoms with Crippen molar-refractivity contribution in [2.75, 3.05) is 26.3 Å². The number of rotatable bonds is 12. The molecule has 4 aromatic rings. The molecule has 0 aliphatic carbocycles. The van der Waals surface area contributed by atoms with Gasteiger partial charge in [0.2, 0.25) is 12.7 Å². The first kappa shape index (κ1) is 22.6. The highest BCUT2D eigenvalue weighted by Crippen LogP contribution is 2.15. The third-order valence-corrected chi connectivity index (χ3v) is 5.37. The molecule has 0 radical (unpaired) electrons. The average molecular weight is 448 g/mol. The fraction of sp³-hybridized carbons (Fsp3) is 0.308. The molecule has 4 rings (SSSR count). The van der Waals surface area contributed by atoms with Crippen LogP contribution in [0.25, 0.3) is 11.4 Å². The Balaban J connectivity index is 1.20. The van der Waals surface area contributed by atoms with E-state index in [2.05, 4.69) is 85.3 Å². The quantitative estimate of drug-likeness (QED) is 0.268. The number of aromatic nitrogens is 4. The Morgan fingerprint density at radius 1 is 0.667 bits per heavy atom. The Hall–Kier alpha value is -3.58. The van der Waals surface area contributed by atoms with Crippen molar-refractivity contribution < 1.29 is 18.6 Å². The number of hydrogen-bond donors (Lipinski definition) is 1. The summed E-state index contributed by atoms with van der Waals surface area (Å²) >= 11 is 0. The van der Waals surface area contributed by atoms with E-state index in [9.17, 15) is 0 Å². The number of hydrogen-bond acceptors (Lipinski definition) is 3. The van der Waals surface area contributed by atoms with Crippen LogP contribution in [0.3, 0.4) is 0 Å². The van der Waals surface area contributed by atoms with Crippen molar-refractivity contribution in [3.05, 3.63) is 86.0 Å². The smallest absolute Gasteiger partial charge is 0.249 e. The van der Waals surface area contributed by atoms with Gasteiger partial charge in [0, 0.05) is 13.1 Å². The van der Waals surface area contributed by atoms with E-state index < -0.39 is 0 Å². The van der Waals surface area contributed by atoms with E-state index in [0.717, 1.165) is 49.1 Å². The molecule has 0 saturated heterocycles. The molecule has 0 aliphatic heterocycles. The second-order valence-corrected chi connectivity index (χ2v) is 7.72. The van der Waals surface area contributed by atoms with Gasteiger partial charge >= 0.3 is 0 Å². The molecule has 1 N–H and O–H groups in total. The van der Waals surface area contributed by atoms with Gasteiger partial charge in [0.05, 0.1) is 13.2 Å². The molecule has 0 amide bonds. The van der Waals surface area contributed by atoms with Crippen LogP contribution < -0.4 is 23.9 Å². The third kappa shape index (κ3) is 6.23. The zero-order chi connectivity index (χ0) is 22.9. The summed E-state index contributed by atoms with van der Waals surface area (Å²) in [5.74, 6) is 1.80. The van der Waals surface area contributed by atoms with Gasteiger partial charge in [-0.05, 0) is 62.4 Å². The lowest BCUT2D eigenvalue weighted by Gasteiger charge is -2.03. The molecule has 2 heterocycles. The monoisotopic (exact) mass is 447 g/mol. The second-order valence-electron chi connectivity index (χ2n) is 7.72. The number of ether oxygens (including phenoxy) is 2. The molecule has 0 atom stereocenters. The van der Waals surface area contributed by atoms with Crippen molar-refractivity contribution in [2.24, 2.45) is 0 Å². The Morgan fingerprint density at radius 2 is 1.09 bits per heavy atom. The SMILES string of the molecule is CCOc1ccc(-n2cc[n+](CCNCC[n+]3ccn(-c4ccc(OCC)cc4)c3)c2)cc1. The molecule has 33 heavy (non-hydrogen) atoms. The van der Waals surface area contributed by atoms with Crippen molar-refractivity contribution in [2.45, 2.75) is 26.9 Å². The third-order valence-electron chi connectivity index (χ3n) is 5.37. The van der Waals surface area contributed by atoms with Gasteiger partial charge in [-0.15, -0.1) is 0 Å². The van der Waals surface area contributed by atoms with E-state index in [0.29, 0.717) is 13.2 Å². The van der Waals surface area contributed by atoms with E-state index in [1.165, 1.54) is 0 Å². The fourth-order valence-corrected chi connectivity index (χ4v) is 3.66. The van der Waals surface area contributed by atoms with Crippen molar-refractivity contribution in [1.82, 2.24) is 14.5 Å². The molecule has 172 valence electrons. The maximum Gasteiger partial charge on any atom is 0.249 e. The van der Waals surface area contributed by atoms with E-state index >= 15 is 0 Å². The van der Waals surface area contributed by atoms with Crippen LogP contribution >= 0.6 is 0 Å². The maximum atomic E-state index is 5.52. The Kier molecular flexibility index (Phi) is 7.76. The van der Waals surface area contributed by atoms with Crippen LogP contribution in [0.2, 0.25) is 0 Å². The van der Waals surface area contributed by atoms with E-state index in [1.807, 2.05) is 38.1 Å². The van der Waals surface area contributed by atoms with Gasteiger partial charge in [-0.2, -0.15) is 0 Å². The molecule has 2 aromatic carbocycles. The molecule has 0 saturated carbocycles. The highest BCUT2D eigenvalue weighted by Gasteiger charge is 2.08. The van der Waals surface area contributed by atoms with E-state index in [4.69, 9.17) is 9.47 Å². The lowest BCUT2D eigenvalue weighted by atomic mass is 10.3. The van der Waals surface area contributed by atoms with Crippen LogP contribution in [0.5, 0.6) is 11.5 Å². The van der Waals surface area contributed by atoms with Crippen LogP contribution in [0.4, 0.5) is 0 Å². The molecule has 0 unspecified atom stereocenters. The van der Waals surface area contributed by atoms with Gasteiger partial charge in [0.15, 0.2) is 0 Å². The molecular formula is C26H33N5O2+2. The lowest BCUT2D eigenvalue weighted by molar-refractivity contribution is -0.697. The standard InChI is InChI=1S/C26H33N5O2/c1-3-32-25-9-5-23(6-10-25)30-19-17-28(21-30)15-13-27-14-16-29-18-20-31(22-29)24-7-11-26(12-8-24)33-4-2/h5-12,17-22,27H,3-4,13-16H2,1-2H3/q+2. The summed E-state index contributed by atoms with van der Waals surface area (Å²) in [5, 5.41) is 3.53. The lowest BCUT2D eigenvalue weighted by Crippen LogP contribution is -2.41. The predicted octanol–water partition coefficient (Wildman–Crippen LogP) is 2.93. The normalized spacial score (nSPS) is 11.0. The molecule has 0 fully saturated rings. The van der Waals surface area contributed by atoms with Crippen LogP contribution in [-0.4, -0.2) is 35.4 Å². The minimum Gasteiger partial charge on any atom is -0.494 e. The van der Waals surface area contributed by atoms with Crippen molar-refractivity contribution >= 4 is 0 Å². The summed E-state index contributed by atoms with van der Waals surface area (Å²) in [6.07, 6.45) is 12.6. The average Bonchev–Trinajstić information content (AvgIpc) is 3.51. The summed E-state index contributed by atoms with van der Waals surface area (Å²) in [4.78, 5) is 0. The van der Waals surface area contributed by atoms with Gasteiger partial charge < -0.3 is 14.8 Å². The first-order valence-corrected chi connectivity index (χ1v) is 11.6. The number of imidazole rings is 2. The molecule has 7 heteroatoms. The van der Waals surface area contributed by atoms with Gasteiger partial charge in [0.25, 0.3) is 0 Å². The summed E-state index contributed by atoms with van der Waals surface area (Å²) in [6, 6.07) is 16.3. The first-order valence-electron chi connectivity index (χ1n) is 11.6. The van der Waals surface area contributed by atoms with Crippen molar-refractivity contribution in [1.29, 1.82) is 0 Å². The van der Waals surface area contributed by atoms with Crippen LogP contribution in [0.1, 0.15) is 13.8 Å². The van der Waals surface area contributed by atoms with Gasteiger partial charge in [0.1, 0.15) is 60.8 Å². The number of benzene rings is 2. The Bertz CT molecular complexity index is 1030. The largest absolute Gasteiger partial charge is 0.494 e. The van der Waals surface area contributed by atoms with Crippen molar-refractivity contribution in [3.63, 3.8) is 0 Å². The van der Waals surface area contributed by atoms with Crippen LogP contribution in [-0.2, 0) is 13.1 Å². The zero-order valence-electron chi connectivity index (χ0n) is 19.4. The molecule has 7 nitrogen and oxygen atoms in total. The van der Waals surface area contributed by atoms with E-state index in [-0.39, 0.29) is 0 Å². The Labute approximate surface area is 195 Å². The minimum atomic E-state index is 0.683. The Morgan fingerprint density at radius 3 is 1.48 bits per heavy atom.